The minimum absolute atomic E-state index is 0.0564. The largest absolute Gasteiger partial charge is 0.370 e. The second-order valence-corrected chi connectivity index (χ2v) is 14.1. The number of amides is 7. The molecule has 4 rings (SSSR count). The molecule has 1 fully saturated rings. The standard InChI is InChI=1S/C40H51N7O8/c41-33(48)19-18-30-39(54)47-32(23-25-9-3-1-4-10-25)40(55)46-31(24-26-14-16-28(17-15-26)36(51)27-11-5-2-6-12-27)38(53)43-22-8-7-13-29(37(42)52)44-34(49)20-21-35(50)45-30/h2,5-6,11-12,14-17,20-21,25,29-32H,1,3-4,7-10,13,18-19,22-24H2,(H2,41,48)(H2,42,52)(H,43,53)(H,44,49)(H,45,50)(H,46,55)(H,47,54)/b21-20+/t29-,30?,31+,32?/m0/s1. The molecule has 1 saturated carbocycles. The molecular formula is C40H51N7O8. The Morgan fingerprint density at radius 2 is 1.22 bits per heavy atom. The van der Waals surface area contributed by atoms with Crippen LogP contribution < -0.4 is 38.1 Å². The van der Waals surface area contributed by atoms with Crippen molar-refractivity contribution in [3.05, 3.63) is 83.4 Å². The molecule has 0 bridgehead atoms. The summed E-state index contributed by atoms with van der Waals surface area (Å²) in [6, 6.07) is 11.0. The number of primary amides is 2. The molecule has 0 spiro atoms. The Labute approximate surface area is 320 Å². The first kappa shape index (κ1) is 41.9. The summed E-state index contributed by atoms with van der Waals surface area (Å²) in [6.07, 6.45) is 7.31. The highest BCUT2D eigenvalue weighted by Gasteiger charge is 2.32. The number of nitrogens with one attached hydrogen (secondary N) is 5. The minimum atomic E-state index is -1.31. The highest BCUT2D eigenvalue weighted by Crippen LogP contribution is 2.27. The number of rotatable bonds is 10. The summed E-state index contributed by atoms with van der Waals surface area (Å²) in [7, 11) is 0. The van der Waals surface area contributed by atoms with Gasteiger partial charge in [-0.1, -0.05) is 86.7 Å². The average molecular weight is 758 g/mol. The van der Waals surface area contributed by atoms with Crippen molar-refractivity contribution in [2.45, 2.75) is 101 Å². The molecule has 2 aromatic rings. The molecule has 0 aromatic heterocycles. The number of benzene rings is 2. The van der Waals surface area contributed by atoms with Crippen molar-refractivity contribution in [3.63, 3.8) is 0 Å². The SMILES string of the molecule is NC(=O)CCC1NC(=O)/C=C/C(=O)N[C@H](C(N)=O)CCCCNC(=O)[C@@H](Cc2ccc(C(=O)c3ccccc3)cc2)NC(=O)C(CC2CCCCC2)NC1=O. The van der Waals surface area contributed by atoms with Gasteiger partial charge in [0.1, 0.15) is 24.2 Å². The maximum atomic E-state index is 14.1. The summed E-state index contributed by atoms with van der Waals surface area (Å²) in [5, 5.41) is 13.4. The highest BCUT2D eigenvalue weighted by atomic mass is 16.2. The minimum Gasteiger partial charge on any atom is -0.370 e. The lowest BCUT2D eigenvalue weighted by atomic mass is 9.84. The summed E-state index contributed by atoms with van der Waals surface area (Å²) in [5.41, 5.74) is 12.5. The van der Waals surface area contributed by atoms with E-state index in [2.05, 4.69) is 26.6 Å². The van der Waals surface area contributed by atoms with E-state index in [9.17, 15) is 38.4 Å². The van der Waals surface area contributed by atoms with Crippen LogP contribution in [0.3, 0.4) is 0 Å². The molecule has 1 aliphatic carbocycles. The van der Waals surface area contributed by atoms with E-state index in [4.69, 9.17) is 11.5 Å². The Morgan fingerprint density at radius 3 is 1.87 bits per heavy atom. The van der Waals surface area contributed by atoms with Gasteiger partial charge in [-0.05, 0) is 43.6 Å². The molecule has 0 saturated heterocycles. The zero-order chi connectivity index (χ0) is 39.7. The van der Waals surface area contributed by atoms with Gasteiger partial charge in [0.15, 0.2) is 5.78 Å². The van der Waals surface area contributed by atoms with E-state index in [0.29, 0.717) is 29.5 Å². The lowest BCUT2D eigenvalue weighted by Crippen LogP contribution is -2.57. The first-order valence-electron chi connectivity index (χ1n) is 18.8. The predicted octanol–water partition coefficient (Wildman–Crippen LogP) is 0.977. The van der Waals surface area contributed by atoms with Crippen molar-refractivity contribution in [3.8, 4) is 0 Å². The second kappa shape index (κ2) is 21.1. The van der Waals surface area contributed by atoms with E-state index < -0.39 is 65.5 Å². The molecule has 15 heteroatoms. The van der Waals surface area contributed by atoms with Gasteiger partial charge in [-0.3, -0.25) is 38.4 Å². The molecule has 4 atom stereocenters. The van der Waals surface area contributed by atoms with Crippen LogP contribution in [0, 0.1) is 5.92 Å². The molecule has 1 aliphatic heterocycles. The molecule has 1 heterocycles. The maximum absolute atomic E-state index is 14.1. The van der Waals surface area contributed by atoms with Crippen LogP contribution in [0.4, 0.5) is 0 Å². The van der Waals surface area contributed by atoms with Crippen LogP contribution >= 0.6 is 0 Å². The topological polar surface area (TPSA) is 249 Å². The average Bonchev–Trinajstić information content (AvgIpc) is 3.17. The third-order valence-electron chi connectivity index (χ3n) is 9.83. The van der Waals surface area contributed by atoms with Crippen LogP contribution in [0.2, 0.25) is 0 Å². The van der Waals surface area contributed by atoms with E-state index in [1.54, 1.807) is 48.5 Å². The fraction of sp³-hybridized carbons (Fsp3) is 0.450. The van der Waals surface area contributed by atoms with Crippen LogP contribution in [-0.2, 0) is 40.0 Å². The number of hydrogen-bond donors (Lipinski definition) is 7. The van der Waals surface area contributed by atoms with E-state index in [1.165, 1.54) is 0 Å². The molecule has 2 unspecified atom stereocenters. The zero-order valence-corrected chi connectivity index (χ0v) is 30.9. The zero-order valence-electron chi connectivity index (χ0n) is 30.9. The molecule has 9 N–H and O–H groups in total. The number of carbonyl (C=O) groups is 8. The van der Waals surface area contributed by atoms with Gasteiger partial charge in [0.25, 0.3) is 0 Å². The predicted molar refractivity (Wildman–Crippen MR) is 203 cm³/mol. The van der Waals surface area contributed by atoms with E-state index in [-0.39, 0.29) is 50.4 Å². The van der Waals surface area contributed by atoms with Gasteiger partial charge < -0.3 is 38.1 Å². The normalized spacial score (nSPS) is 23.2. The van der Waals surface area contributed by atoms with Crippen LogP contribution in [0.1, 0.15) is 92.1 Å². The summed E-state index contributed by atoms with van der Waals surface area (Å²) in [4.78, 5) is 104. The smallest absolute Gasteiger partial charge is 0.244 e. The first-order chi connectivity index (χ1) is 26.4. The number of carbonyl (C=O) groups excluding carboxylic acids is 8. The molecule has 0 radical (unpaired) electrons. The van der Waals surface area contributed by atoms with E-state index in [0.717, 1.165) is 44.3 Å². The summed E-state index contributed by atoms with van der Waals surface area (Å²) >= 11 is 0. The van der Waals surface area contributed by atoms with Gasteiger partial charge in [0, 0.05) is 42.7 Å². The molecule has 294 valence electrons. The number of hydrogen-bond acceptors (Lipinski definition) is 8. The lowest BCUT2D eigenvalue weighted by Gasteiger charge is -2.29. The first-order valence-corrected chi connectivity index (χ1v) is 18.8. The Balaban J connectivity index is 1.62. The Bertz CT molecular complexity index is 1720. The van der Waals surface area contributed by atoms with Crippen molar-refractivity contribution in [2.75, 3.05) is 6.54 Å². The second-order valence-electron chi connectivity index (χ2n) is 14.1. The summed E-state index contributed by atoms with van der Waals surface area (Å²) in [5.74, 6) is -5.03. The Kier molecular flexibility index (Phi) is 16.1. The van der Waals surface area contributed by atoms with Gasteiger partial charge in [-0.15, -0.1) is 0 Å². The third kappa shape index (κ3) is 13.8. The molecule has 2 aromatic carbocycles. The quantitative estimate of drug-likeness (QED) is 0.172. The van der Waals surface area contributed by atoms with Crippen molar-refractivity contribution in [1.29, 1.82) is 0 Å². The maximum Gasteiger partial charge on any atom is 0.244 e. The Hall–Kier alpha value is -5.86. The van der Waals surface area contributed by atoms with Gasteiger partial charge in [0.05, 0.1) is 0 Å². The monoisotopic (exact) mass is 757 g/mol. The fourth-order valence-electron chi connectivity index (χ4n) is 6.77. The number of nitrogens with two attached hydrogens (primary N) is 2. The third-order valence-corrected chi connectivity index (χ3v) is 9.83. The van der Waals surface area contributed by atoms with Crippen LogP contribution in [-0.4, -0.2) is 77.8 Å². The fourth-order valence-corrected chi connectivity index (χ4v) is 6.77. The van der Waals surface area contributed by atoms with Crippen LogP contribution in [0.5, 0.6) is 0 Å². The summed E-state index contributed by atoms with van der Waals surface area (Å²) < 4.78 is 0. The summed E-state index contributed by atoms with van der Waals surface area (Å²) in [6.45, 7) is 0.180. The molecule has 2 aliphatic rings. The lowest BCUT2D eigenvalue weighted by molar-refractivity contribution is -0.134. The molecule has 55 heavy (non-hydrogen) atoms. The van der Waals surface area contributed by atoms with Gasteiger partial charge in [0.2, 0.25) is 41.4 Å². The van der Waals surface area contributed by atoms with Crippen molar-refractivity contribution < 1.29 is 38.4 Å². The Morgan fingerprint density at radius 1 is 0.618 bits per heavy atom. The molecule has 7 amide bonds. The van der Waals surface area contributed by atoms with Gasteiger partial charge in [-0.2, -0.15) is 0 Å². The molecular weight excluding hydrogens is 706 g/mol. The van der Waals surface area contributed by atoms with E-state index in [1.807, 2.05) is 6.07 Å². The van der Waals surface area contributed by atoms with Crippen molar-refractivity contribution in [1.82, 2.24) is 26.6 Å². The number of ketones is 1. The van der Waals surface area contributed by atoms with Crippen LogP contribution in [0.15, 0.2) is 66.7 Å². The van der Waals surface area contributed by atoms with Gasteiger partial charge >= 0.3 is 0 Å². The van der Waals surface area contributed by atoms with Crippen LogP contribution in [0.25, 0.3) is 0 Å². The molecule has 15 nitrogen and oxygen atoms in total. The van der Waals surface area contributed by atoms with Crippen molar-refractivity contribution in [2.24, 2.45) is 17.4 Å². The van der Waals surface area contributed by atoms with Gasteiger partial charge in [-0.25, -0.2) is 0 Å². The van der Waals surface area contributed by atoms with Crippen molar-refractivity contribution >= 4 is 47.1 Å². The highest BCUT2D eigenvalue weighted by molar-refractivity contribution is 6.09. The van der Waals surface area contributed by atoms with E-state index >= 15 is 0 Å².